The number of anilines is 2. The molecule has 1 aliphatic carbocycles. The number of aromatic nitrogens is 2. The summed E-state index contributed by atoms with van der Waals surface area (Å²) in [4.78, 5) is 19.0. The number of halogens is 4. The van der Waals surface area contributed by atoms with Crippen molar-refractivity contribution in [3.63, 3.8) is 0 Å². The molecule has 0 radical (unpaired) electrons. The number of nitrogens with two attached hydrogens (primary N) is 2. The highest BCUT2D eigenvalue weighted by molar-refractivity contribution is 6.06. The first kappa shape index (κ1) is 23.3. The number of carbonyl (C=O) groups is 1. The molecule has 1 saturated carbocycles. The van der Waals surface area contributed by atoms with E-state index in [0.29, 0.717) is 29.6 Å². The van der Waals surface area contributed by atoms with Crippen molar-refractivity contribution in [1.29, 1.82) is 0 Å². The summed E-state index contributed by atoms with van der Waals surface area (Å²) in [6, 6.07) is 7.68. The molecule has 1 amide bonds. The number of nitrogen functional groups attached to an aromatic ring is 1. The smallest absolute Gasteiger partial charge is 0.382 e. The van der Waals surface area contributed by atoms with E-state index in [1.54, 1.807) is 18.2 Å². The van der Waals surface area contributed by atoms with Crippen molar-refractivity contribution in [2.24, 2.45) is 10.7 Å². The maximum atomic E-state index is 14.5. The van der Waals surface area contributed by atoms with E-state index in [9.17, 15) is 22.4 Å². The first-order valence-corrected chi connectivity index (χ1v) is 11.6. The number of hydrogen-bond donors (Lipinski definition) is 5. The van der Waals surface area contributed by atoms with E-state index in [1.165, 1.54) is 0 Å². The van der Waals surface area contributed by atoms with Gasteiger partial charge >= 0.3 is 6.18 Å². The molecule has 7 N–H and O–H groups in total. The molecule has 0 saturated heterocycles. The summed E-state index contributed by atoms with van der Waals surface area (Å²) in [6.45, 7) is -0.0555. The number of hydrogen-bond acceptors (Lipinski definition) is 7. The second kappa shape index (κ2) is 7.93. The lowest BCUT2D eigenvalue weighted by molar-refractivity contribution is -0.138. The average molecular weight is 514 g/mol. The number of nitrogens with one attached hydrogen (secondary N) is 3. The maximum Gasteiger partial charge on any atom is 0.416 e. The minimum Gasteiger partial charge on any atom is -0.382 e. The maximum absolute atomic E-state index is 14.5. The van der Waals surface area contributed by atoms with Crippen molar-refractivity contribution >= 4 is 23.4 Å². The topological polar surface area (TPSA) is 137 Å². The molecule has 37 heavy (non-hydrogen) atoms. The molecule has 3 aliphatic rings. The van der Waals surface area contributed by atoms with Crippen molar-refractivity contribution in [2.75, 3.05) is 11.1 Å². The number of primary amides is 1. The molecule has 1 atom stereocenters. The van der Waals surface area contributed by atoms with Crippen molar-refractivity contribution < 1.29 is 22.4 Å². The van der Waals surface area contributed by atoms with Crippen LogP contribution in [0.3, 0.4) is 0 Å². The third-order valence-electron chi connectivity index (χ3n) is 7.22. The fourth-order valence-electron chi connectivity index (χ4n) is 5.26. The van der Waals surface area contributed by atoms with Gasteiger partial charge in [-0.05, 0) is 31.0 Å². The van der Waals surface area contributed by atoms with Crippen LogP contribution in [-0.2, 0) is 24.8 Å². The summed E-state index contributed by atoms with van der Waals surface area (Å²) >= 11 is 0. The van der Waals surface area contributed by atoms with Gasteiger partial charge in [0.1, 0.15) is 12.0 Å². The summed E-state index contributed by atoms with van der Waals surface area (Å²) in [5.41, 5.74) is 12.5. The predicted octanol–water partition coefficient (Wildman–Crippen LogP) is 3.32. The molecule has 1 spiro atoms. The van der Waals surface area contributed by atoms with Crippen LogP contribution in [0.2, 0.25) is 0 Å². The lowest BCUT2D eigenvalue weighted by Gasteiger charge is -2.34. The van der Waals surface area contributed by atoms with Gasteiger partial charge in [-0.15, -0.1) is 0 Å². The Morgan fingerprint density at radius 1 is 1.22 bits per heavy atom. The van der Waals surface area contributed by atoms with E-state index < -0.39 is 47.3 Å². The number of aliphatic imine (C=N–C) groups is 1. The molecule has 1 fully saturated rings. The first-order valence-electron chi connectivity index (χ1n) is 11.6. The quantitative estimate of drug-likeness (QED) is 0.339. The first-order chi connectivity index (χ1) is 17.6. The van der Waals surface area contributed by atoms with Gasteiger partial charge in [0.25, 0.3) is 5.91 Å². The van der Waals surface area contributed by atoms with Crippen molar-refractivity contribution in [2.45, 2.75) is 43.8 Å². The molecule has 3 aromatic rings. The molecule has 1 aromatic heterocycles. The molecule has 9 nitrogen and oxygen atoms in total. The summed E-state index contributed by atoms with van der Waals surface area (Å²) in [5, 5.41) is 13.3. The molecular weight excluding hydrogens is 492 g/mol. The number of guanidine groups is 1. The highest BCUT2D eigenvalue weighted by Gasteiger charge is 2.58. The number of nitrogens with zero attached hydrogens (tertiary/aromatic N) is 3. The second-order valence-electron chi connectivity index (χ2n) is 9.34. The summed E-state index contributed by atoms with van der Waals surface area (Å²) in [6.07, 6.45) is -3.99. The minimum atomic E-state index is -4.73. The Morgan fingerprint density at radius 3 is 2.68 bits per heavy atom. The number of benzene rings is 2. The summed E-state index contributed by atoms with van der Waals surface area (Å²) in [7, 11) is 0. The van der Waals surface area contributed by atoms with Gasteiger partial charge in [-0.25, -0.2) is 9.38 Å². The number of H-pyrrole nitrogens is 1. The van der Waals surface area contributed by atoms with E-state index in [-0.39, 0.29) is 5.56 Å². The average Bonchev–Trinajstić information content (AvgIpc) is 3.46. The van der Waals surface area contributed by atoms with E-state index in [2.05, 4.69) is 20.8 Å². The van der Waals surface area contributed by atoms with Gasteiger partial charge in [-0.2, -0.15) is 18.3 Å². The summed E-state index contributed by atoms with van der Waals surface area (Å²) in [5.74, 6) is -0.888. The fourth-order valence-corrected chi connectivity index (χ4v) is 5.26. The Morgan fingerprint density at radius 2 is 1.97 bits per heavy atom. The third-order valence-corrected chi connectivity index (χ3v) is 7.22. The highest BCUT2D eigenvalue weighted by atomic mass is 19.4. The normalized spacial score (nSPS) is 19.3. The minimum absolute atomic E-state index is 0.197. The lowest BCUT2D eigenvalue weighted by atomic mass is 10.0. The number of aromatic amines is 1. The van der Waals surface area contributed by atoms with Crippen LogP contribution in [0.1, 0.15) is 57.3 Å². The van der Waals surface area contributed by atoms with Crippen molar-refractivity contribution in [3.8, 4) is 0 Å². The predicted molar refractivity (Wildman–Crippen MR) is 126 cm³/mol. The van der Waals surface area contributed by atoms with Crippen LogP contribution < -0.4 is 22.1 Å². The van der Waals surface area contributed by atoms with Gasteiger partial charge in [-0.1, -0.05) is 18.2 Å². The Hall–Kier alpha value is -4.13. The van der Waals surface area contributed by atoms with E-state index in [1.807, 2.05) is 4.90 Å². The van der Waals surface area contributed by atoms with Crippen LogP contribution in [-0.4, -0.2) is 27.0 Å². The van der Waals surface area contributed by atoms with Gasteiger partial charge in [0.15, 0.2) is 5.82 Å². The van der Waals surface area contributed by atoms with Crippen LogP contribution in [0.15, 0.2) is 41.4 Å². The molecule has 2 aliphatic heterocycles. The molecule has 2 aromatic carbocycles. The van der Waals surface area contributed by atoms with E-state index >= 15 is 0 Å². The molecular formula is C24H22F4N8O. The van der Waals surface area contributed by atoms with Crippen molar-refractivity contribution in [1.82, 2.24) is 20.4 Å². The van der Waals surface area contributed by atoms with Gasteiger partial charge in [-0.3, -0.25) is 15.2 Å². The Balaban J connectivity index is 1.39. The standard InChI is InChI=1S/C24H22F4N8O/c25-16-6-2-5-15(24(26,27)28)13(16)9-31-21-12-4-1-3-11(20(30)37)17(12)32-22(33-21)36-10-14-18(23(36)7-8-23)34-35-19(14)29/h1-6,21,31H,7-10H2,(H2,30,37)(H,32,33)(H3,29,34,35). The number of alkyl halides is 3. The zero-order chi connectivity index (χ0) is 26.1. The number of para-hydroxylation sites is 1. The molecule has 13 heteroatoms. The zero-order valence-electron chi connectivity index (χ0n) is 19.3. The van der Waals surface area contributed by atoms with Crippen LogP contribution in [0.5, 0.6) is 0 Å². The monoisotopic (exact) mass is 514 g/mol. The van der Waals surface area contributed by atoms with Gasteiger partial charge in [0, 0.05) is 23.2 Å². The number of amides is 1. The molecule has 3 heterocycles. The Labute approximate surface area is 207 Å². The van der Waals surface area contributed by atoms with Crippen LogP contribution in [0.4, 0.5) is 29.1 Å². The molecule has 6 rings (SSSR count). The van der Waals surface area contributed by atoms with Gasteiger partial charge in [0.05, 0.1) is 34.6 Å². The van der Waals surface area contributed by atoms with E-state index in [4.69, 9.17) is 16.5 Å². The van der Waals surface area contributed by atoms with Crippen LogP contribution in [0, 0.1) is 5.82 Å². The SMILES string of the molecule is NC(=O)c1cccc2c1NC(N1Cc3c(N)n[nH]c3C13CC3)=NC2NCc1c(F)cccc1C(F)(F)F. The molecule has 192 valence electrons. The number of fused-ring (bicyclic) bond motifs is 3. The Bertz CT molecular complexity index is 1460. The molecule has 0 bridgehead atoms. The third kappa shape index (κ3) is 3.60. The second-order valence-corrected chi connectivity index (χ2v) is 9.34. The van der Waals surface area contributed by atoms with E-state index in [0.717, 1.165) is 42.3 Å². The van der Waals surface area contributed by atoms with Gasteiger partial charge in [0.2, 0.25) is 5.96 Å². The van der Waals surface area contributed by atoms with Gasteiger partial charge < -0.3 is 21.7 Å². The summed E-state index contributed by atoms with van der Waals surface area (Å²) < 4.78 is 55.2. The lowest BCUT2D eigenvalue weighted by Crippen LogP contribution is -2.43. The van der Waals surface area contributed by atoms with Crippen LogP contribution in [0.25, 0.3) is 0 Å². The highest BCUT2D eigenvalue weighted by Crippen LogP contribution is 2.57. The zero-order valence-corrected chi connectivity index (χ0v) is 19.3. The number of rotatable bonds is 4. The molecule has 1 unspecified atom stereocenters. The number of carbonyl (C=O) groups excluding carboxylic acids is 1. The van der Waals surface area contributed by atoms with Crippen LogP contribution >= 0.6 is 0 Å². The fraction of sp³-hybridized carbons (Fsp3) is 0.292. The van der Waals surface area contributed by atoms with Crippen molar-refractivity contribution in [3.05, 3.63) is 75.7 Å². The largest absolute Gasteiger partial charge is 0.416 e. The Kier molecular flexibility index (Phi) is 4.99.